The quantitative estimate of drug-likeness (QED) is 0.851. The van der Waals surface area contributed by atoms with Gasteiger partial charge in [0.15, 0.2) is 0 Å². The van der Waals surface area contributed by atoms with Crippen LogP contribution in [0.5, 0.6) is 0 Å². The number of rotatable bonds is 2. The summed E-state index contributed by atoms with van der Waals surface area (Å²) in [7, 11) is 0. The maximum Gasteiger partial charge on any atom is 0.129 e. The van der Waals surface area contributed by atoms with E-state index in [1.54, 1.807) is 18.3 Å². The van der Waals surface area contributed by atoms with Gasteiger partial charge >= 0.3 is 0 Å². The molecule has 0 N–H and O–H groups in total. The summed E-state index contributed by atoms with van der Waals surface area (Å²) < 4.78 is 21.8. The van der Waals surface area contributed by atoms with Gasteiger partial charge in [0, 0.05) is 30.2 Å². The highest BCUT2D eigenvalue weighted by Gasteiger charge is 2.36. The van der Waals surface area contributed by atoms with Crippen LogP contribution in [0.2, 0.25) is 5.02 Å². The monoisotopic (exact) mass is 322 g/mol. The van der Waals surface area contributed by atoms with Crippen molar-refractivity contribution in [2.45, 2.75) is 31.7 Å². The third kappa shape index (κ3) is 2.41. The van der Waals surface area contributed by atoms with Crippen LogP contribution in [0, 0.1) is 5.82 Å². The van der Waals surface area contributed by atoms with Crippen molar-refractivity contribution in [1.29, 1.82) is 0 Å². The molecule has 0 spiro atoms. The van der Waals surface area contributed by atoms with Crippen LogP contribution in [0.15, 0.2) is 24.4 Å². The van der Waals surface area contributed by atoms with Crippen molar-refractivity contribution < 1.29 is 9.13 Å². The zero-order valence-corrected chi connectivity index (χ0v) is 12.7. The highest BCUT2D eigenvalue weighted by atomic mass is 35.5. The molecule has 1 aromatic heterocycles. The number of likely N-dealkylation sites (tertiary alicyclic amines) is 1. The van der Waals surface area contributed by atoms with Gasteiger partial charge in [-0.3, -0.25) is 4.90 Å². The molecule has 0 unspecified atom stereocenters. The van der Waals surface area contributed by atoms with E-state index in [4.69, 9.17) is 16.3 Å². The molecule has 1 saturated heterocycles. The zero-order chi connectivity index (χ0) is 15.1. The van der Waals surface area contributed by atoms with Crippen molar-refractivity contribution in [1.82, 2.24) is 19.9 Å². The van der Waals surface area contributed by atoms with Gasteiger partial charge in [0.05, 0.1) is 30.6 Å². The summed E-state index contributed by atoms with van der Waals surface area (Å²) in [5.41, 5.74) is 1.55. The predicted molar refractivity (Wildman–Crippen MR) is 78.9 cm³/mol. The molecular weight excluding hydrogens is 307 g/mol. The van der Waals surface area contributed by atoms with Gasteiger partial charge in [0.1, 0.15) is 5.82 Å². The van der Waals surface area contributed by atoms with Gasteiger partial charge in [-0.15, -0.1) is 5.10 Å². The van der Waals surface area contributed by atoms with Gasteiger partial charge in [-0.1, -0.05) is 22.9 Å². The average Bonchev–Trinajstić information content (AvgIpc) is 3.00. The van der Waals surface area contributed by atoms with Crippen molar-refractivity contribution >= 4 is 11.6 Å². The number of hydrogen-bond donors (Lipinski definition) is 0. The molecule has 2 aromatic rings. The third-order valence-electron chi connectivity index (χ3n) is 4.46. The number of aromatic nitrogens is 3. The molecule has 5 nitrogen and oxygen atoms in total. The first kappa shape index (κ1) is 14.1. The van der Waals surface area contributed by atoms with Crippen LogP contribution in [0.3, 0.4) is 0 Å². The number of fused-ring (bicyclic) bond motifs is 3. The first-order valence-corrected chi connectivity index (χ1v) is 7.76. The molecule has 0 bridgehead atoms. The molecule has 0 radical (unpaired) electrons. The summed E-state index contributed by atoms with van der Waals surface area (Å²) in [6.45, 7) is 2.67. The lowest BCUT2D eigenvalue weighted by Crippen LogP contribution is -2.47. The van der Waals surface area contributed by atoms with Gasteiger partial charge in [-0.2, -0.15) is 0 Å². The minimum absolute atomic E-state index is 0.130. The van der Waals surface area contributed by atoms with Crippen LogP contribution >= 0.6 is 11.6 Å². The van der Waals surface area contributed by atoms with E-state index in [0.29, 0.717) is 23.7 Å². The lowest BCUT2D eigenvalue weighted by atomic mass is 10.00. The predicted octanol–water partition coefficient (Wildman–Crippen LogP) is 2.42. The summed E-state index contributed by atoms with van der Waals surface area (Å²) in [6, 6.07) is 4.94. The molecule has 0 aliphatic carbocycles. The van der Waals surface area contributed by atoms with Crippen LogP contribution in [-0.2, 0) is 17.9 Å². The van der Waals surface area contributed by atoms with Gasteiger partial charge in [0.2, 0.25) is 0 Å². The Bertz CT molecular complexity index is 672. The Balaban J connectivity index is 1.55. The summed E-state index contributed by atoms with van der Waals surface area (Å²) in [5, 5.41) is 8.62. The third-order valence-corrected chi connectivity index (χ3v) is 4.81. The second-order valence-corrected chi connectivity index (χ2v) is 6.22. The Kier molecular flexibility index (Phi) is 3.60. The normalized spacial score (nSPS) is 24.8. The summed E-state index contributed by atoms with van der Waals surface area (Å²) in [4.78, 5) is 2.20. The molecule has 3 heterocycles. The van der Waals surface area contributed by atoms with Crippen LogP contribution < -0.4 is 0 Å². The van der Waals surface area contributed by atoms with E-state index < -0.39 is 0 Å². The molecule has 7 heteroatoms. The Hall–Kier alpha value is -1.50. The molecule has 1 fully saturated rings. The number of benzene rings is 1. The van der Waals surface area contributed by atoms with Gasteiger partial charge < -0.3 is 4.74 Å². The fraction of sp³-hybridized carbons (Fsp3) is 0.467. The van der Waals surface area contributed by atoms with E-state index in [2.05, 4.69) is 15.2 Å². The largest absolute Gasteiger partial charge is 0.370 e. The first-order chi connectivity index (χ1) is 10.7. The Morgan fingerprint density at radius 1 is 1.41 bits per heavy atom. The second-order valence-electron chi connectivity index (χ2n) is 5.81. The van der Waals surface area contributed by atoms with Gasteiger partial charge in [-0.05, 0) is 18.6 Å². The lowest BCUT2D eigenvalue weighted by molar-refractivity contribution is -0.0670. The Labute approximate surface area is 132 Å². The molecule has 116 valence electrons. The van der Waals surface area contributed by atoms with E-state index in [-0.39, 0.29) is 18.0 Å². The van der Waals surface area contributed by atoms with Crippen molar-refractivity contribution in [2.24, 2.45) is 0 Å². The van der Waals surface area contributed by atoms with Crippen molar-refractivity contribution in [2.75, 3.05) is 13.1 Å². The topological polar surface area (TPSA) is 43.2 Å². The van der Waals surface area contributed by atoms with E-state index in [1.807, 2.05) is 4.68 Å². The van der Waals surface area contributed by atoms with E-state index in [0.717, 1.165) is 25.2 Å². The number of halogens is 2. The molecule has 0 saturated carbocycles. The molecule has 4 rings (SSSR count). The highest BCUT2D eigenvalue weighted by Crippen LogP contribution is 2.31. The van der Waals surface area contributed by atoms with Crippen molar-refractivity contribution in [3.63, 3.8) is 0 Å². The average molecular weight is 323 g/mol. The molecule has 2 aliphatic rings. The molecule has 0 amide bonds. The van der Waals surface area contributed by atoms with E-state index >= 15 is 0 Å². The number of piperidine rings is 1. The molecule has 2 aliphatic heterocycles. The van der Waals surface area contributed by atoms with Crippen molar-refractivity contribution in [3.8, 4) is 0 Å². The SMILES string of the molecule is Fc1cccc(Cl)c1CN1CC[C@@H]2OCc3cnnn3[C@H]2C1. The summed E-state index contributed by atoms with van der Waals surface area (Å²) in [5.74, 6) is -0.254. The minimum atomic E-state index is -0.254. The maximum absolute atomic E-state index is 14.0. The van der Waals surface area contributed by atoms with Gasteiger partial charge in [-0.25, -0.2) is 9.07 Å². The van der Waals surface area contributed by atoms with Crippen LogP contribution in [-0.4, -0.2) is 39.1 Å². The summed E-state index contributed by atoms with van der Waals surface area (Å²) >= 11 is 6.13. The first-order valence-electron chi connectivity index (χ1n) is 7.38. The Morgan fingerprint density at radius 3 is 3.18 bits per heavy atom. The minimum Gasteiger partial charge on any atom is -0.370 e. The second kappa shape index (κ2) is 5.61. The van der Waals surface area contributed by atoms with Crippen LogP contribution in [0.4, 0.5) is 4.39 Å². The van der Waals surface area contributed by atoms with Crippen molar-refractivity contribution in [3.05, 3.63) is 46.5 Å². The molecular formula is C15H16ClFN4O. The number of nitrogens with zero attached hydrogens (tertiary/aromatic N) is 4. The van der Waals surface area contributed by atoms with E-state index in [9.17, 15) is 4.39 Å². The van der Waals surface area contributed by atoms with Crippen LogP contribution in [0.1, 0.15) is 23.7 Å². The van der Waals surface area contributed by atoms with Crippen LogP contribution in [0.25, 0.3) is 0 Å². The van der Waals surface area contributed by atoms with Gasteiger partial charge in [0.25, 0.3) is 0 Å². The molecule has 2 atom stereocenters. The number of hydrogen-bond acceptors (Lipinski definition) is 4. The summed E-state index contributed by atoms with van der Waals surface area (Å²) in [6.07, 6.45) is 2.79. The standard InChI is InChI=1S/C15H16ClFN4O/c16-12-2-1-3-13(17)11(12)7-20-5-4-15-14(8-20)21-10(9-22-15)6-18-19-21/h1-3,6,14-15H,4-5,7-9H2/t14-,15-/m0/s1. The lowest BCUT2D eigenvalue weighted by Gasteiger charge is -2.41. The van der Waals surface area contributed by atoms with E-state index in [1.165, 1.54) is 6.07 Å². The smallest absolute Gasteiger partial charge is 0.129 e. The Morgan fingerprint density at radius 2 is 2.32 bits per heavy atom. The fourth-order valence-electron chi connectivity index (χ4n) is 3.30. The number of ether oxygens (including phenoxy) is 1. The maximum atomic E-state index is 14.0. The highest BCUT2D eigenvalue weighted by molar-refractivity contribution is 6.31. The molecule has 1 aromatic carbocycles. The molecule has 22 heavy (non-hydrogen) atoms. The zero-order valence-electron chi connectivity index (χ0n) is 12.0. The fourth-order valence-corrected chi connectivity index (χ4v) is 3.52.